The monoisotopic (exact) mass is 285 g/mol. The van der Waals surface area contributed by atoms with Crippen LogP contribution in [-0.4, -0.2) is 48.8 Å². The van der Waals surface area contributed by atoms with Crippen molar-refractivity contribution in [2.45, 2.75) is 58.6 Å². The van der Waals surface area contributed by atoms with Crippen molar-refractivity contribution >= 4 is 6.09 Å². The predicted octanol–water partition coefficient (Wildman–Crippen LogP) is 1.96. The summed E-state index contributed by atoms with van der Waals surface area (Å²) in [6, 6.07) is 0.362. The van der Waals surface area contributed by atoms with E-state index < -0.39 is 5.60 Å². The van der Waals surface area contributed by atoms with Crippen LogP contribution in [0.5, 0.6) is 0 Å². The lowest BCUT2D eigenvalue weighted by atomic mass is 10.1. The molecule has 0 spiro atoms. The van der Waals surface area contributed by atoms with Crippen LogP contribution in [0.1, 0.15) is 47.0 Å². The van der Waals surface area contributed by atoms with E-state index in [1.54, 1.807) is 0 Å². The number of carbonyl (C=O) groups excluding carboxylic acids is 1. The van der Waals surface area contributed by atoms with Crippen LogP contribution in [0.4, 0.5) is 4.79 Å². The van der Waals surface area contributed by atoms with Gasteiger partial charge in [0.1, 0.15) is 5.60 Å². The fraction of sp³-hybridized carbons (Fsp3) is 0.933. The summed E-state index contributed by atoms with van der Waals surface area (Å²) in [5.41, 5.74) is 5.43. The van der Waals surface area contributed by atoms with Gasteiger partial charge in [0.15, 0.2) is 0 Å². The van der Waals surface area contributed by atoms with E-state index in [-0.39, 0.29) is 6.09 Å². The first-order valence-corrected chi connectivity index (χ1v) is 7.76. The van der Waals surface area contributed by atoms with Crippen LogP contribution in [0, 0.1) is 5.92 Å². The standard InChI is InChI=1S/C15H31N3O2/c1-5-12-7-9-18(11-12)13(10-16)6-8-17-14(19)20-15(2,3)4/h12-13H,5-11,16H2,1-4H3,(H,17,19). The van der Waals surface area contributed by atoms with Gasteiger partial charge in [-0.15, -0.1) is 0 Å². The molecule has 1 heterocycles. The molecular formula is C15H31N3O2. The summed E-state index contributed by atoms with van der Waals surface area (Å²) in [4.78, 5) is 14.0. The molecule has 1 amide bonds. The second kappa shape index (κ2) is 7.84. The van der Waals surface area contributed by atoms with Crippen molar-refractivity contribution in [1.82, 2.24) is 10.2 Å². The van der Waals surface area contributed by atoms with Crippen LogP contribution >= 0.6 is 0 Å². The number of hydrogen-bond acceptors (Lipinski definition) is 4. The average Bonchev–Trinajstić information content (AvgIpc) is 2.81. The minimum absolute atomic E-state index is 0.346. The zero-order valence-corrected chi connectivity index (χ0v) is 13.4. The number of alkyl carbamates (subject to hydrolysis) is 1. The van der Waals surface area contributed by atoms with E-state index in [0.29, 0.717) is 19.1 Å². The molecule has 1 fully saturated rings. The SMILES string of the molecule is CCC1CCN(C(CN)CCNC(=O)OC(C)(C)C)C1. The van der Waals surface area contributed by atoms with Crippen LogP contribution in [0.25, 0.3) is 0 Å². The molecule has 3 N–H and O–H groups in total. The highest BCUT2D eigenvalue weighted by atomic mass is 16.6. The third kappa shape index (κ3) is 6.09. The number of nitrogens with zero attached hydrogens (tertiary/aromatic N) is 1. The summed E-state index contributed by atoms with van der Waals surface area (Å²) in [5, 5.41) is 2.81. The highest BCUT2D eigenvalue weighted by Crippen LogP contribution is 2.21. The van der Waals surface area contributed by atoms with Crippen molar-refractivity contribution in [2.24, 2.45) is 11.7 Å². The molecular weight excluding hydrogens is 254 g/mol. The Hall–Kier alpha value is -0.810. The predicted molar refractivity (Wildman–Crippen MR) is 81.7 cm³/mol. The minimum atomic E-state index is -0.444. The van der Waals surface area contributed by atoms with Crippen LogP contribution < -0.4 is 11.1 Å². The Morgan fingerprint density at radius 3 is 2.70 bits per heavy atom. The Kier molecular flexibility index (Phi) is 6.76. The Bertz CT molecular complexity index is 302. The Labute approximate surface area is 123 Å². The summed E-state index contributed by atoms with van der Waals surface area (Å²) in [7, 11) is 0. The van der Waals surface area contributed by atoms with Gasteiger partial charge >= 0.3 is 6.09 Å². The van der Waals surface area contributed by atoms with Gasteiger partial charge in [0.05, 0.1) is 0 Å². The molecule has 2 atom stereocenters. The Morgan fingerprint density at radius 1 is 1.50 bits per heavy atom. The third-order valence-electron chi connectivity index (χ3n) is 3.83. The molecule has 1 saturated heterocycles. The minimum Gasteiger partial charge on any atom is -0.444 e. The number of hydrogen-bond donors (Lipinski definition) is 2. The highest BCUT2D eigenvalue weighted by molar-refractivity contribution is 5.67. The second-order valence-corrected chi connectivity index (χ2v) is 6.66. The summed E-state index contributed by atoms with van der Waals surface area (Å²) in [6.45, 7) is 11.4. The first kappa shape index (κ1) is 17.2. The van der Waals surface area contributed by atoms with E-state index in [2.05, 4.69) is 17.1 Å². The smallest absolute Gasteiger partial charge is 0.407 e. The van der Waals surface area contributed by atoms with Gasteiger partial charge in [0.2, 0.25) is 0 Å². The quantitative estimate of drug-likeness (QED) is 0.783. The fourth-order valence-corrected chi connectivity index (χ4v) is 2.63. The Balaban J connectivity index is 2.27. The zero-order chi connectivity index (χ0) is 15.2. The molecule has 0 radical (unpaired) electrons. The molecule has 118 valence electrons. The van der Waals surface area contributed by atoms with Crippen molar-refractivity contribution in [3.05, 3.63) is 0 Å². The van der Waals surface area contributed by atoms with Gasteiger partial charge in [-0.2, -0.15) is 0 Å². The number of rotatable bonds is 6. The maximum Gasteiger partial charge on any atom is 0.407 e. The zero-order valence-electron chi connectivity index (χ0n) is 13.4. The molecule has 2 unspecified atom stereocenters. The van der Waals surface area contributed by atoms with E-state index in [1.807, 2.05) is 20.8 Å². The Morgan fingerprint density at radius 2 is 2.20 bits per heavy atom. The molecule has 5 heteroatoms. The second-order valence-electron chi connectivity index (χ2n) is 6.66. The lowest BCUT2D eigenvalue weighted by Gasteiger charge is -2.27. The number of ether oxygens (including phenoxy) is 1. The first-order chi connectivity index (χ1) is 9.35. The van der Waals surface area contributed by atoms with Crippen molar-refractivity contribution in [3.8, 4) is 0 Å². The average molecular weight is 285 g/mol. The molecule has 0 aliphatic carbocycles. The number of likely N-dealkylation sites (tertiary alicyclic amines) is 1. The van der Waals surface area contributed by atoms with E-state index >= 15 is 0 Å². The maximum atomic E-state index is 11.6. The largest absolute Gasteiger partial charge is 0.444 e. The summed E-state index contributed by atoms with van der Waals surface area (Å²) in [5.74, 6) is 0.808. The van der Waals surface area contributed by atoms with Crippen LogP contribution in [0.2, 0.25) is 0 Å². The number of amides is 1. The van der Waals surface area contributed by atoms with E-state index in [1.165, 1.54) is 12.8 Å². The van der Waals surface area contributed by atoms with Gasteiger partial charge in [0, 0.05) is 25.7 Å². The maximum absolute atomic E-state index is 11.6. The first-order valence-electron chi connectivity index (χ1n) is 7.76. The molecule has 20 heavy (non-hydrogen) atoms. The normalized spacial score (nSPS) is 21.8. The van der Waals surface area contributed by atoms with E-state index in [9.17, 15) is 4.79 Å². The van der Waals surface area contributed by atoms with Crippen LogP contribution in [0.3, 0.4) is 0 Å². The molecule has 1 aliphatic rings. The van der Waals surface area contributed by atoms with Gasteiger partial charge in [-0.3, -0.25) is 4.90 Å². The molecule has 0 bridgehead atoms. The van der Waals surface area contributed by atoms with Crippen LogP contribution in [-0.2, 0) is 4.74 Å². The van der Waals surface area contributed by atoms with Crippen molar-refractivity contribution in [2.75, 3.05) is 26.2 Å². The third-order valence-corrected chi connectivity index (χ3v) is 3.83. The van der Waals surface area contributed by atoms with Crippen molar-refractivity contribution in [3.63, 3.8) is 0 Å². The van der Waals surface area contributed by atoms with Gasteiger partial charge in [0.25, 0.3) is 0 Å². The molecule has 1 aliphatic heterocycles. The summed E-state index contributed by atoms with van der Waals surface area (Å²) >= 11 is 0. The van der Waals surface area contributed by atoms with Gasteiger partial charge < -0.3 is 15.8 Å². The lowest BCUT2D eigenvalue weighted by molar-refractivity contribution is 0.0522. The molecule has 0 saturated carbocycles. The molecule has 0 aromatic rings. The summed E-state index contributed by atoms with van der Waals surface area (Å²) < 4.78 is 5.22. The van der Waals surface area contributed by atoms with E-state index in [0.717, 1.165) is 25.4 Å². The van der Waals surface area contributed by atoms with Gasteiger partial charge in [-0.05, 0) is 46.1 Å². The molecule has 5 nitrogen and oxygen atoms in total. The van der Waals surface area contributed by atoms with Gasteiger partial charge in [-0.1, -0.05) is 13.3 Å². The number of nitrogens with two attached hydrogens (primary N) is 1. The molecule has 1 rings (SSSR count). The molecule has 0 aromatic carbocycles. The van der Waals surface area contributed by atoms with Crippen molar-refractivity contribution in [1.29, 1.82) is 0 Å². The van der Waals surface area contributed by atoms with E-state index in [4.69, 9.17) is 10.5 Å². The summed E-state index contributed by atoms with van der Waals surface area (Å²) in [6.07, 6.45) is 3.05. The number of nitrogens with one attached hydrogen (secondary N) is 1. The highest BCUT2D eigenvalue weighted by Gasteiger charge is 2.26. The number of carbonyl (C=O) groups is 1. The topological polar surface area (TPSA) is 67.6 Å². The molecule has 0 aromatic heterocycles. The van der Waals surface area contributed by atoms with Crippen molar-refractivity contribution < 1.29 is 9.53 Å². The van der Waals surface area contributed by atoms with Gasteiger partial charge in [-0.25, -0.2) is 4.79 Å². The fourth-order valence-electron chi connectivity index (χ4n) is 2.63. The lowest BCUT2D eigenvalue weighted by Crippen LogP contribution is -2.42. The van der Waals surface area contributed by atoms with Crippen LogP contribution in [0.15, 0.2) is 0 Å².